The van der Waals surface area contributed by atoms with Gasteiger partial charge in [0.15, 0.2) is 5.78 Å². The summed E-state index contributed by atoms with van der Waals surface area (Å²) in [4.78, 5) is 24.7. The zero-order chi connectivity index (χ0) is 16.4. The molecule has 0 aromatic rings. The number of carbonyl (C=O) groups is 2. The van der Waals surface area contributed by atoms with Crippen LogP contribution in [0, 0.1) is 22.7 Å². The molecule has 4 rings (SSSR count). The molecule has 4 aliphatic rings. The predicted molar refractivity (Wildman–Crippen MR) is 87.6 cm³/mol. The van der Waals surface area contributed by atoms with Crippen LogP contribution in [0.1, 0.15) is 59.3 Å². The molecule has 0 bridgehead atoms. The molecular formula is C20H26O3. The van der Waals surface area contributed by atoms with Gasteiger partial charge in [0.05, 0.1) is 0 Å². The summed E-state index contributed by atoms with van der Waals surface area (Å²) in [7, 11) is 0. The van der Waals surface area contributed by atoms with Crippen molar-refractivity contribution < 1.29 is 14.3 Å². The Kier molecular flexibility index (Phi) is 3.17. The minimum Gasteiger partial charge on any atom is -0.458 e. The van der Waals surface area contributed by atoms with Gasteiger partial charge in [0, 0.05) is 12.0 Å². The fraction of sp³-hybridized carbons (Fsp3) is 0.700. The largest absolute Gasteiger partial charge is 0.458 e. The Morgan fingerprint density at radius 1 is 1.09 bits per heavy atom. The van der Waals surface area contributed by atoms with E-state index < -0.39 is 0 Å². The number of allylic oxidation sites excluding steroid dienone is 2. The van der Waals surface area contributed by atoms with Crippen LogP contribution in [0.25, 0.3) is 0 Å². The lowest BCUT2D eigenvalue weighted by Crippen LogP contribution is -2.47. The summed E-state index contributed by atoms with van der Waals surface area (Å²) in [5.74, 6) is 0.776. The standard InChI is InChI=1S/C20H26O3/c1-19(2)6-4-7-20(3)15-10-12(13-5-8-23-18(13)22)9-14(15)16(21)11-17(19)20/h5,12,17H,4,6-11H2,1-3H3/t12-,17-,20+/m0/s1. The second-order valence-corrected chi connectivity index (χ2v) is 8.76. The molecule has 0 aromatic carbocycles. The minimum atomic E-state index is -0.173. The van der Waals surface area contributed by atoms with E-state index in [1.165, 1.54) is 24.8 Å². The number of hydrogen-bond acceptors (Lipinski definition) is 3. The minimum absolute atomic E-state index is 0.142. The van der Waals surface area contributed by atoms with E-state index in [1.54, 1.807) is 0 Å². The van der Waals surface area contributed by atoms with Crippen molar-refractivity contribution in [1.82, 2.24) is 0 Å². The monoisotopic (exact) mass is 314 g/mol. The SMILES string of the molecule is CC1(C)CCC[C@]2(C)C3=C(C[C@H](C4=CCOC4=O)C3)C(=O)C[C@@H]12. The van der Waals surface area contributed by atoms with E-state index in [2.05, 4.69) is 20.8 Å². The Morgan fingerprint density at radius 2 is 1.87 bits per heavy atom. The van der Waals surface area contributed by atoms with Gasteiger partial charge in [-0.3, -0.25) is 4.79 Å². The summed E-state index contributed by atoms with van der Waals surface area (Å²) in [6.07, 6.45) is 7.87. The Balaban J connectivity index is 1.70. The quantitative estimate of drug-likeness (QED) is 0.688. The van der Waals surface area contributed by atoms with Crippen LogP contribution in [0.2, 0.25) is 0 Å². The zero-order valence-electron chi connectivity index (χ0n) is 14.4. The molecule has 0 radical (unpaired) electrons. The van der Waals surface area contributed by atoms with Gasteiger partial charge in [0.2, 0.25) is 0 Å². The van der Waals surface area contributed by atoms with Gasteiger partial charge < -0.3 is 4.74 Å². The number of ketones is 1. The molecule has 0 saturated heterocycles. The molecule has 0 spiro atoms. The van der Waals surface area contributed by atoms with Crippen molar-refractivity contribution in [2.75, 3.05) is 6.61 Å². The van der Waals surface area contributed by atoms with Crippen LogP contribution < -0.4 is 0 Å². The highest BCUT2D eigenvalue weighted by atomic mass is 16.5. The van der Waals surface area contributed by atoms with Gasteiger partial charge in [0.1, 0.15) is 6.61 Å². The highest BCUT2D eigenvalue weighted by Gasteiger charge is 2.55. The van der Waals surface area contributed by atoms with Crippen LogP contribution in [0.4, 0.5) is 0 Å². The summed E-state index contributed by atoms with van der Waals surface area (Å²) >= 11 is 0. The number of esters is 1. The Morgan fingerprint density at radius 3 is 2.57 bits per heavy atom. The first-order valence-corrected chi connectivity index (χ1v) is 8.96. The van der Waals surface area contributed by atoms with E-state index in [0.29, 0.717) is 24.7 Å². The van der Waals surface area contributed by atoms with Gasteiger partial charge in [0.25, 0.3) is 0 Å². The summed E-state index contributed by atoms with van der Waals surface area (Å²) < 4.78 is 5.09. The molecule has 3 nitrogen and oxygen atoms in total. The van der Waals surface area contributed by atoms with Crippen molar-refractivity contribution in [2.45, 2.75) is 59.3 Å². The third-order valence-electron chi connectivity index (χ3n) is 7.10. The fourth-order valence-corrected chi connectivity index (χ4v) is 5.89. The maximum atomic E-state index is 12.8. The number of fused-ring (bicyclic) bond motifs is 2. The molecule has 1 fully saturated rings. The number of carbonyl (C=O) groups excluding carboxylic acids is 2. The second-order valence-electron chi connectivity index (χ2n) is 8.76. The van der Waals surface area contributed by atoms with Crippen molar-refractivity contribution in [3.05, 3.63) is 22.8 Å². The highest BCUT2D eigenvalue weighted by molar-refractivity contribution is 5.99. The second kappa shape index (κ2) is 4.81. The molecule has 3 atom stereocenters. The van der Waals surface area contributed by atoms with E-state index in [4.69, 9.17) is 4.74 Å². The maximum absolute atomic E-state index is 12.8. The number of ether oxygens (including phenoxy) is 1. The molecule has 124 valence electrons. The number of hydrogen-bond donors (Lipinski definition) is 0. The zero-order valence-corrected chi connectivity index (χ0v) is 14.4. The lowest BCUT2D eigenvalue weighted by atomic mass is 9.50. The molecule has 1 saturated carbocycles. The lowest BCUT2D eigenvalue weighted by Gasteiger charge is -2.54. The first-order chi connectivity index (χ1) is 10.8. The number of cyclic esters (lactones) is 1. The smallest absolute Gasteiger partial charge is 0.334 e. The van der Waals surface area contributed by atoms with Crippen molar-refractivity contribution in [2.24, 2.45) is 22.7 Å². The number of Topliss-reactive ketones (excluding diaryl/α,β-unsaturated/α-hetero) is 1. The van der Waals surface area contributed by atoms with E-state index in [0.717, 1.165) is 24.0 Å². The van der Waals surface area contributed by atoms with Gasteiger partial charge in [-0.15, -0.1) is 0 Å². The summed E-state index contributed by atoms with van der Waals surface area (Å²) in [5, 5.41) is 0. The van der Waals surface area contributed by atoms with Gasteiger partial charge >= 0.3 is 5.97 Å². The molecule has 0 amide bonds. The van der Waals surface area contributed by atoms with Crippen molar-refractivity contribution in [3.63, 3.8) is 0 Å². The maximum Gasteiger partial charge on any atom is 0.334 e. The summed E-state index contributed by atoms with van der Waals surface area (Å²) in [6.45, 7) is 7.44. The third kappa shape index (κ3) is 2.08. The van der Waals surface area contributed by atoms with Crippen LogP contribution in [-0.4, -0.2) is 18.4 Å². The van der Waals surface area contributed by atoms with E-state index in [9.17, 15) is 9.59 Å². The van der Waals surface area contributed by atoms with Gasteiger partial charge in [-0.1, -0.05) is 32.8 Å². The first kappa shape index (κ1) is 15.2. The molecule has 0 aromatic heterocycles. The third-order valence-corrected chi connectivity index (χ3v) is 7.10. The van der Waals surface area contributed by atoms with Crippen LogP contribution in [0.5, 0.6) is 0 Å². The van der Waals surface area contributed by atoms with E-state index in [1.807, 2.05) is 6.08 Å². The Labute approximate surface area is 138 Å². The molecule has 1 heterocycles. The van der Waals surface area contributed by atoms with Crippen LogP contribution in [0.3, 0.4) is 0 Å². The first-order valence-electron chi connectivity index (χ1n) is 8.96. The van der Waals surface area contributed by atoms with Crippen molar-refractivity contribution in [1.29, 1.82) is 0 Å². The molecule has 3 aliphatic carbocycles. The topological polar surface area (TPSA) is 43.4 Å². The molecule has 0 N–H and O–H groups in total. The lowest BCUT2D eigenvalue weighted by molar-refractivity contribution is -0.136. The molecular weight excluding hydrogens is 288 g/mol. The summed E-state index contributed by atoms with van der Waals surface area (Å²) in [6, 6.07) is 0. The van der Waals surface area contributed by atoms with Crippen LogP contribution in [0.15, 0.2) is 22.8 Å². The van der Waals surface area contributed by atoms with Crippen molar-refractivity contribution in [3.8, 4) is 0 Å². The van der Waals surface area contributed by atoms with Crippen LogP contribution >= 0.6 is 0 Å². The predicted octanol–water partition coefficient (Wildman–Crippen LogP) is 3.98. The highest BCUT2D eigenvalue weighted by Crippen LogP contribution is 2.62. The Hall–Kier alpha value is -1.38. The van der Waals surface area contributed by atoms with Gasteiger partial charge in [-0.25, -0.2) is 4.79 Å². The van der Waals surface area contributed by atoms with E-state index >= 15 is 0 Å². The van der Waals surface area contributed by atoms with E-state index in [-0.39, 0.29) is 22.7 Å². The molecule has 0 unspecified atom stereocenters. The van der Waals surface area contributed by atoms with Gasteiger partial charge in [-0.2, -0.15) is 0 Å². The molecule has 3 heteroatoms. The summed E-state index contributed by atoms with van der Waals surface area (Å²) in [5.41, 5.74) is 3.60. The Bertz CT molecular complexity index is 652. The average Bonchev–Trinajstić information content (AvgIpc) is 3.08. The fourth-order valence-electron chi connectivity index (χ4n) is 5.89. The number of rotatable bonds is 1. The van der Waals surface area contributed by atoms with Gasteiger partial charge in [-0.05, 0) is 60.0 Å². The normalized spacial score (nSPS) is 39.0. The van der Waals surface area contributed by atoms with Crippen molar-refractivity contribution >= 4 is 11.8 Å². The molecule has 1 aliphatic heterocycles. The molecule has 23 heavy (non-hydrogen) atoms. The average molecular weight is 314 g/mol. The van der Waals surface area contributed by atoms with Crippen LogP contribution in [-0.2, 0) is 14.3 Å².